The van der Waals surface area contributed by atoms with Crippen molar-refractivity contribution in [2.24, 2.45) is 0 Å². The second kappa shape index (κ2) is 4.38. The Hall–Kier alpha value is -1.15. The van der Waals surface area contributed by atoms with Crippen molar-refractivity contribution < 1.29 is 0 Å². The van der Waals surface area contributed by atoms with Gasteiger partial charge in [-0.25, -0.2) is 4.98 Å². The van der Waals surface area contributed by atoms with Crippen LogP contribution in [0.1, 0.15) is 23.4 Å². The quantitative estimate of drug-likeness (QED) is 0.744. The van der Waals surface area contributed by atoms with Gasteiger partial charge in [0.15, 0.2) is 0 Å². The Morgan fingerprint density at radius 3 is 2.71 bits per heavy atom. The molecule has 0 bridgehead atoms. The zero-order chi connectivity index (χ0) is 9.80. The second-order valence-electron chi connectivity index (χ2n) is 3.44. The third-order valence-electron chi connectivity index (χ3n) is 2.33. The van der Waals surface area contributed by atoms with Gasteiger partial charge in [-0.2, -0.15) is 0 Å². The summed E-state index contributed by atoms with van der Waals surface area (Å²) in [5.41, 5.74) is 1.39. The Morgan fingerprint density at radius 2 is 2.07 bits per heavy atom. The van der Waals surface area contributed by atoms with E-state index in [9.17, 15) is 0 Å². The van der Waals surface area contributed by atoms with Crippen LogP contribution in [0.3, 0.4) is 0 Å². The minimum atomic E-state index is 0.558. The first-order valence-electron chi connectivity index (χ1n) is 4.79. The Labute approximate surface area is 88.4 Å². The van der Waals surface area contributed by atoms with Gasteiger partial charge in [0.2, 0.25) is 0 Å². The molecule has 0 aliphatic heterocycles. The summed E-state index contributed by atoms with van der Waals surface area (Å²) < 4.78 is 0. The van der Waals surface area contributed by atoms with E-state index in [4.69, 9.17) is 0 Å². The highest BCUT2D eigenvalue weighted by atomic mass is 32.1. The van der Waals surface area contributed by atoms with Crippen LogP contribution in [0.15, 0.2) is 41.9 Å². The highest BCUT2D eigenvalue weighted by Crippen LogP contribution is 2.20. The standard InChI is InChI=1S/C12H13NS/c1-10(9-12-13-7-8-14-12)11-5-3-2-4-6-11/h2-8,10H,9H2,1H3/t10-/m1/s1. The number of thiazole rings is 1. The summed E-state index contributed by atoms with van der Waals surface area (Å²) in [5, 5.41) is 3.26. The smallest absolute Gasteiger partial charge is 0.0930 e. The van der Waals surface area contributed by atoms with Crippen molar-refractivity contribution in [2.45, 2.75) is 19.3 Å². The summed E-state index contributed by atoms with van der Waals surface area (Å²) in [7, 11) is 0. The molecule has 0 unspecified atom stereocenters. The van der Waals surface area contributed by atoms with Gasteiger partial charge in [0.05, 0.1) is 5.01 Å². The number of rotatable bonds is 3. The molecule has 0 amide bonds. The number of nitrogens with zero attached hydrogens (tertiary/aromatic N) is 1. The summed E-state index contributed by atoms with van der Waals surface area (Å²) in [4.78, 5) is 4.30. The van der Waals surface area contributed by atoms with Crippen molar-refractivity contribution in [3.63, 3.8) is 0 Å². The van der Waals surface area contributed by atoms with E-state index >= 15 is 0 Å². The molecule has 0 aliphatic rings. The van der Waals surface area contributed by atoms with Gasteiger partial charge in [-0.1, -0.05) is 37.3 Å². The largest absolute Gasteiger partial charge is 0.250 e. The SMILES string of the molecule is C[C@H](Cc1nccs1)c1ccccc1. The Balaban J connectivity index is 2.07. The van der Waals surface area contributed by atoms with E-state index in [0.717, 1.165) is 6.42 Å². The lowest BCUT2D eigenvalue weighted by Crippen LogP contribution is -1.97. The minimum absolute atomic E-state index is 0.558. The van der Waals surface area contributed by atoms with Crippen LogP contribution in [0.25, 0.3) is 0 Å². The lowest BCUT2D eigenvalue weighted by molar-refractivity contribution is 0.754. The van der Waals surface area contributed by atoms with E-state index in [1.165, 1.54) is 10.6 Å². The summed E-state index contributed by atoms with van der Waals surface area (Å²) >= 11 is 1.73. The van der Waals surface area contributed by atoms with Gasteiger partial charge in [-0.3, -0.25) is 0 Å². The van der Waals surface area contributed by atoms with Gasteiger partial charge < -0.3 is 0 Å². The summed E-state index contributed by atoms with van der Waals surface area (Å²) in [6.07, 6.45) is 2.92. The van der Waals surface area contributed by atoms with Crippen molar-refractivity contribution in [3.8, 4) is 0 Å². The topological polar surface area (TPSA) is 12.9 Å². The molecule has 0 radical (unpaired) electrons. The first-order chi connectivity index (χ1) is 6.86. The average Bonchev–Trinajstić information content (AvgIpc) is 2.72. The van der Waals surface area contributed by atoms with Gasteiger partial charge >= 0.3 is 0 Å². The van der Waals surface area contributed by atoms with Crippen molar-refractivity contribution in [1.82, 2.24) is 4.98 Å². The Kier molecular flexibility index (Phi) is 2.94. The van der Waals surface area contributed by atoms with Gasteiger partial charge in [0.25, 0.3) is 0 Å². The van der Waals surface area contributed by atoms with E-state index in [1.807, 2.05) is 11.6 Å². The molecule has 0 saturated carbocycles. The Morgan fingerprint density at radius 1 is 1.29 bits per heavy atom. The van der Waals surface area contributed by atoms with Crippen molar-refractivity contribution in [1.29, 1.82) is 0 Å². The van der Waals surface area contributed by atoms with Gasteiger partial charge in [-0.05, 0) is 11.5 Å². The zero-order valence-electron chi connectivity index (χ0n) is 8.18. The van der Waals surface area contributed by atoms with Crippen LogP contribution in [-0.2, 0) is 6.42 Å². The predicted molar refractivity (Wildman–Crippen MR) is 60.7 cm³/mol. The molecule has 0 fully saturated rings. The lowest BCUT2D eigenvalue weighted by Gasteiger charge is -2.09. The molecule has 1 aromatic carbocycles. The number of hydrogen-bond donors (Lipinski definition) is 0. The molecule has 1 aromatic heterocycles. The number of benzene rings is 1. The molecule has 72 valence electrons. The molecule has 2 aromatic rings. The first-order valence-corrected chi connectivity index (χ1v) is 5.67. The normalized spacial score (nSPS) is 12.6. The van der Waals surface area contributed by atoms with Gasteiger partial charge in [0, 0.05) is 18.0 Å². The number of hydrogen-bond acceptors (Lipinski definition) is 2. The maximum absolute atomic E-state index is 4.30. The second-order valence-corrected chi connectivity index (χ2v) is 4.42. The van der Waals surface area contributed by atoms with E-state index in [1.54, 1.807) is 11.3 Å². The fourth-order valence-electron chi connectivity index (χ4n) is 1.52. The molecular formula is C12H13NS. The molecule has 14 heavy (non-hydrogen) atoms. The molecule has 1 heterocycles. The van der Waals surface area contributed by atoms with E-state index in [0.29, 0.717) is 5.92 Å². The minimum Gasteiger partial charge on any atom is -0.250 e. The van der Waals surface area contributed by atoms with E-state index < -0.39 is 0 Å². The molecule has 1 atom stereocenters. The third-order valence-corrected chi connectivity index (χ3v) is 3.13. The molecule has 0 spiro atoms. The van der Waals surface area contributed by atoms with Crippen LogP contribution in [0, 0.1) is 0 Å². The van der Waals surface area contributed by atoms with Crippen LogP contribution < -0.4 is 0 Å². The van der Waals surface area contributed by atoms with E-state index in [2.05, 4.69) is 42.2 Å². The molecule has 0 N–H and O–H groups in total. The molecular weight excluding hydrogens is 190 g/mol. The highest BCUT2D eigenvalue weighted by molar-refractivity contribution is 7.09. The van der Waals surface area contributed by atoms with Crippen molar-refractivity contribution in [3.05, 3.63) is 52.5 Å². The fourth-order valence-corrected chi connectivity index (χ4v) is 2.26. The summed E-state index contributed by atoms with van der Waals surface area (Å²) in [6, 6.07) is 10.6. The van der Waals surface area contributed by atoms with Crippen LogP contribution in [0.5, 0.6) is 0 Å². The Bertz CT molecular complexity index is 366. The molecule has 2 heteroatoms. The van der Waals surface area contributed by atoms with Crippen molar-refractivity contribution in [2.75, 3.05) is 0 Å². The maximum Gasteiger partial charge on any atom is 0.0930 e. The van der Waals surface area contributed by atoms with Crippen LogP contribution in [0.4, 0.5) is 0 Å². The first kappa shape index (κ1) is 9.41. The molecule has 2 rings (SSSR count). The molecule has 0 aliphatic carbocycles. The third kappa shape index (κ3) is 2.20. The zero-order valence-corrected chi connectivity index (χ0v) is 9.00. The van der Waals surface area contributed by atoms with Crippen molar-refractivity contribution >= 4 is 11.3 Å². The highest BCUT2D eigenvalue weighted by Gasteiger charge is 2.07. The molecule has 1 nitrogen and oxygen atoms in total. The number of aromatic nitrogens is 1. The van der Waals surface area contributed by atoms with Crippen LogP contribution in [0.2, 0.25) is 0 Å². The van der Waals surface area contributed by atoms with Gasteiger partial charge in [0.1, 0.15) is 0 Å². The van der Waals surface area contributed by atoms with E-state index in [-0.39, 0.29) is 0 Å². The fraction of sp³-hybridized carbons (Fsp3) is 0.250. The summed E-state index contributed by atoms with van der Waals surface area (Å²) in [5.74, 6) is 0.558. The average molecular weight is 203 g/mol. The van der Waals surface area contributed by atoms with Crippen LogP contribution >= 0.6 is 11.3 Å². The predicted octanol–water partition coefficient (Wildman–Crippen LogP) is 3.49. The summed E-state index contributed by atoms with van der Waals surface area (Å²) in [6.45, 7) is 2.25. The maximum atomic E-state index is 4.30. The monoisotopic (exact) mass is 203 g/mol. The van der Waals surface area contributed by atoms with Crippen LogP contribution in [-0.4, -0.2) is 4.98 Å². The van der Waals surface area contributed by atoms with Gasteiger partial charge in [-0.15, -0.1) is 11.3 Å². The lowest BCUT2D eigenvalue weighted by atomic mass is 9.98. The molecule has 0 saturated heterocycles.